The summed E-state index contributed by atoms with van der Waals surface area (Å²) in [4.78, 5) is 13.2. The van der Waals surface area contributed by atoms with Crippen LogP contribution >= 0.6 is 11.6 Å². The monoisotopic (exact) mass is 244 g/mol. The fraction of sp³-hybridized carbons (Fsp3) is 0.0833. The van der Waals surface area contributed by atoms with E-state index < -0.39 is 0 Å². The van der Waals surface area contributed by atoms with Crippen LogP contribution in [0.15, 0.2) is 37.2 Å². The maximum atomic E-state index is 5.92. The Morgan fingerprint density at radius 3 is 3.00 bits per heavy atom. The Kier molecular flexibility index (Phi) is 2.30. The molecule has 2 heterocycles. The van der Waals surface area contributed by atoms with Gasteiger partial charge < -0.3 is 4.57 Å². The van der Waals surface area contributed by atoms with E-state index in [1.165, 1.54) is 0 Å². The van der Waals surface area contributed by atoms with Crippen LogP contribution in [-0.4, -0.2) is 19.5 Å². The second-order valence-electron chi connectivity index (χ2n) is 3.69. The predicted molar refractivity (Wildman–Crippen MR) is 68.0 cm³/mol. The molecule has 3 aromatic rings. The maximum Gasteiger partial charge on any atom is 0.198 e. The van der Waals surface area contributed by atoms with E-state index in [0.29, 0.717) is 17.2 Å². The highest BCUT2D eigenvalue weighted by Crippen LogP contribution is 2.19. The molecular weight excluding hydrogens is 236 g/mol. The zero-order chi connectivity index (χ0) is 11.8. The lowest BCUT2D eigenvalue weighted by molar-refractivity contribution is 0.841. The minimum absolute atomic E-state index is 0.626. The predicted octanol–water partition coefficient (Wildman–Crippen LogP) is 2.82. The number of hydrogen-bond acceptors (Lipinski definition) is 3. The van der Waals surface area contributed by atoms with Crippen molar-refractivity contribution in [2.45, 2.75) is 6.54 Å². The van der Waals surface area contributed by atoms with E-state index in [1.54, 1.807) is 24.5 Å². The van der Waals surface area contributed by atoms with Crippen molar-refractivity contribution in [2.75, 3.05) is 0 Å². The number of fused-ring (bicyclic) bond motifs is 2. The molecule has 2 aromatic heterocycles. The molecule has 0 saturated heterocycles. The van der Waals surface area contributed by atoms with Crippen LogP contribution in [0.3, 0.4) is 0 Å². The molecule has 0 amide bonds. The molecule has 0 unspecified atom stereocenters. The summed E-state index contributed by atoms with van der Waals surface area (Å²) >= 11 is 5.92. The van der Waals surface area contributed by atoms with Crippen LogP contribution in [0.1, 0.15) is 0 Å². The lowest BCUT2D eigenvalue weighted by Gasteiger charge is -2.00. The highest BCUT2D eigenvalue weighted by molar-refractivity contribution is 6.31. The summed E-state index contributed by atoms with van der Waals surface area (Å²) in [6.07, 6.45) is 3.52. The highest BCUT2D eigenvalue weighted by atomic mass is 35.5. The molecule has 0 aliphatic carbocycles. The fourth-order valence-electron chi connectivity index (χ4n) is 1.74. The summed E-state index contributed by atoms with van der Waals surface area (Å²) in [5.41, 5.74) is 2.96. The highest BCUT2D eigenvalue weighted by Gasteiger charge is 2.07. The van der Waals surface area contributed by atoms with Gasteiger partial charge in [-0.05, 0) is 18.2 Å². The van der Waals surface area contributed by atoms with Gasteiger partial charge in [0, 0.05) is 11.6 Å². The molecular formula is C12H9ClN4. The third-order valence-electron chi connectivity index (χ3n) is 2.51. The molecule has 4 nitrogen and oxygen atoms in total. The first-order valence-electron chi connectivity index (χ1n) is 5.17. The molecule has 0 N–H and O–H groups in total. The van der Waals surface area contributed by atoms with Crippen molar-refractivity contribution < 1.29 is 0 Å². The van der Waals surface area contributed by atoms with E-state index in [2.05, 4.69) is 21.5 Å². The average Bonchev–Trinajstić information content (AvgIpc) is 2.70. The molecule has 17 heavy (non-hydrogen) atoms. The van der Waals surface area contributed by atoms with Crippen molar-refractivity contribution in [3.05, 3.63) is 42.2 Å². The number of imidazole rings is 1. The molecule has 5 heteroatoms. The summed E-state index contributed by atoms with van der Waals surface area (Å²) in [5.74, 6) is 0. The number of aromatic nitrogens is 4. The lowest BCUT2D eigenvalue weighted by atomic mass is 10.3. The SMILES string of the molecule is C=CCn1cnc2nc3cc(Cl)ccc3nc21. The molecule has 0 fully saturated rings. The molecule has 0 aliphatic rings. The van der Waals surface area contributed by atoms with Gasteiger partial charge in [-0.15, -0.1) is 6.58 Å². The Morgan fingerprint density at radius 1 is 1.29 bits per heavy atom. The number of benzene rings is 1. The van der Waals surface area contributed by atoms with E-state index in [9.17, 15) is 0 Å². The van der Waals surface area contributed by atoms with Gasteiger partial charge in [-0.3, -0.25) is 0 Å². The van der Waals surface area contributed by atoms with Gasteiger partial charge in [0.25, 0.3) is 0 Å². The van der Waals surface area contributed by atoms with Crippen molar-refractivity contribution in [1.82, 2.24) is 19.5 Å². The number of rotatable bonds is 2. The molecule has 0 spiro atoms. The van der Waals surface area contributed by atoms with Crippen LogP contribution in [0, 0.1) is 0 Å². The summed E-state index contributed by atoms with van der Waals surface area (Å²) in [6.45, 7) is 4.37. The third-order valence-corrected chi connectivity index (χ3v) is 2.74. The van der Waals surface area contributed by atoms with Crippen molar-refractivity contribution in [2.24, 2.45) is 0 Å². The van der Waals surface area contributed by atoms with Gasteiger partial charge in [-0.2, -0.15) is 0 Å². The van der Waals surface area contributed by atoms with Crippen LogP contribution in [-0.2, 0) is 6.54 Å². The third kappa shape index (κ3) is 1.66. The quantitative estimate of drug-likeness (QED) is 0.651. The fourth-order valence-corrected chi connectivity index (χ4v) is 1.91. The van der Waals surface area contributed by atoms with E-state index in [4.69, 9.17) is 11.6 Å². The molecule has 0 saturated carbocycles. The van der Waals surface area contributed by atoms with Crippen molar-refractivity contribution in [1.29, 1.82) is 0 Å². The molecule has 0 bridgehead atoms. The minimum Gasteiger partial charge on any atom is -0.310 e. The van der Waals surface area contributed by atoms with Crippen LogP contribution in [0.25, 0.3) is 22.3 Å². The van der Waals surface area contributed by atoms with Gasteiger partial charge in [0.1, 0.15) is 0 Å². The number of allylic oxidation sites excluding steroid dienone is 1. The standard InChI is InChI=1S/C12H9ClN4/c1-2-5-17-7-14-11-12(17)16-9-4-3-8(13)6-10(9)15-11/h2-4,6-7H,1,5H2. The Hall–Kier alpha value is -1.94. The Morgan fingerprint density at radius 2 is 2.18 bits per heavy atom. The van der Waals surface area contributed by atoms with E-state index in [-0.39, 0.29) is 0 Å². The molecule has 1 aromatic carbocycles. The Bertz CT molecular complexity index is 717. The first-order valence-corrected chi connectivity index (χ1v) is 5.55. The summed E-state index contributed by atoms with van der Waals surface area (Å²) in [5, 5.41) is 0.650. The first-order chi connectivity index (χ1) is 8.28. The van der Waals surface area contributed by atoms with Crippen LogP contribution in [0.5, 0.6) is 0 Å². The molecule has 0 aliphatic heterocycles. The molecule has 0 radical (unpaired) electrons. The lowest BCUT2D eigenvalue weighted by Crippen LogP contribution is -1.95. The van der Waals surface area contributed by atoms with Gasteiger partial charge in [-0.1, -0.05) is 17.7 Å². The Labute approximate surface area is 103 Å². The maximum absolute atomic E-state index is 5.92. The van der Waals surface area contributed by atoms with E-state index in [0.717, 1.165) is 16.7 Å². The topological polar surface area (TPSA) is 43.6 Å². The summed E-state index contributed by atoms with van der Waals surface area (Å²) in [6, 6.07) is 5.45. The van der Waals surface area contributed by atoms with Crippen LogP contribution in [0.4, 0.5) is 0 Å². The largest absolute Gasteiger partial charge is 0.310 e. The molecule has 0 atom stereocenters. The zero-order valence-corrected chi connectivity index (χ0v) is 9.72. The van der Waals surface area contributed by atoms with Gasteiger partial charge >= 0.3 is 0 Å². The van der Waals surface area contributed by atoms with Crippen molar-refractivity contribution in [3.63, 3.8) is 0 Å². The Balaban J connectivity index is 2.33. The smallest absolute Gasteiger partial charge is 0.198 e. The van der Waals surface area contributed by atoms with Crippen LogP contribution < -0.4 is 0 Å². The number of halogens is 1. The zero-order valence-electron chi connectivity index (χ0n) is 8.97. The summed E-state index contributed by atoms with van der Waals surface area (Å²) < 4.78 is 1.91. The van der Waals surface area contributed by atoms with Crippen molar-refractivity contribution in [3.8, 4) is 0 Å². The second kappa shape index (κ2) is 3.82. The number of nitrogens with zero attached hydrogens (tertiary/aromatic N) is 4. The summed E-state index contributed by atoms with van der Waals surface area (Å²) in [7, 11) is 0. The van der Waals surface area contributed by atoms with Gasteiger partial charge in [0.15, 0.2) is 11.3 Å². The normalized spacial score (nSPS) is 11.1. The van der Waals surface area contributed by atoms with Gasteiger partial charge in [0.2, 0.25) is 0 Å². The first kappa shape index (κ1) is 10.2. The van der Waals surface area contributed by atoms with Gasteiger partial charge in [0.05, 0.1) is 17.4 Å². The molecule has 84 valence electrons. The minimum atomic E-state index is 0.626. The number of hydrogen-bond donors (Lipinski definition) is 0. The van der Waals surface area contributed by atoms with Crippen molar-refractivity contribution >= 4 is 33.9 Å². The van der Waals surface area contributed by atoms with Crippen LogP contribution in [0.2, 0.25) is 5.02 Å². The average molecular weight is 245 g/mol. The van der Waals surface area contributed by atoms with E-state index in [1.807, 2.05) is 10.6 Å². The van der Waals surface area contributed by atoms with E-state index >= 15 is 0 Å². The second-order valence-corrected chi connectivity index (χ2v) is 4.13. The molecule has 3 rings (SSSR count). The van der Waals surface area contributed by atoms with Gasteiger partial charge in [-0.25, -0.2) is 15.0 Å².